The largest absolute Gasteiger partial charge is 0.464 e. The van der Waals surface area contributed by atoms with Crippen LogP contribution in [0.15, 0.2) is 23.1 Å². The Labute approximate surface area is 153 Å². The molecule has 1 aromatic rings. The van der Waals surface area contributed by atoms with Gasteiger partial charge in [-0.05, 0) is 32.1 Å². The van der Waals surface area contributed by atoms with Gasteiger partial charge in [0.2, 0.25) is 0 Å². The van der Waals surface area contributed by atoms with Gasteiger partial charge in [-0.15, -0.1) is 0 Å². The van der Waals surface area contributed by atoms with Crippen molar-refractivity contribution in [1.82, 2.24) is 4.90 Å². The van der Waals surface area contributed by atoms with Crippen LogP contribution in [-0.4, -0.2) is 33.7 Å². The second-order valence-electron chi connectivity index (χ2n) is 4.62. The van der Waals surface area contributed by atoms with Gasteiger partial charge < -0.3 is 4.74 Å². The summed E-state index contributed by atoms with van der Waals surface area (Å²) in [6.07, 6.45) is 1.59. The summed E-state index contributed by atoms with van der Waals surface area (Å²) in [6.45, 7) is 3.52. The van der Waals surface area contributed by atoms with Gasteiger partial charge in [-0.1, -0.05) is 53.2 Å². The highest BCUT2D eigenvalue weighted by Gasteiger charge is 2.38. The molecule has 0 spiro atoms. The Balaban J connectivity index is 2.31. The number of hydrogen-bond donors (Lipinski definition) is 0. The average Bonchev–Trinajstić information content (AvgIpc) is 2.77. The molecule has 1 aliphatic rings. The molecule has 1 aliphatic heterocycles. The lowest BCUT2D eigenvalue weighted by Gasteiger charge is -2.21. The Bertz CT molecular complexity index is 686. The van der Waals surface area contributed by atoms with E-state index in [4.69, 9.17) is 40.2 Å². The van der Waals surface area contributed by atoms with Crippen LogP contribution in [0.4, 0.5) is 0 Å². The standard InChI is InChI=1S/C15H13Cl2NO3S2/c1-3-21-14(20)8(2)18-13(19)12(23-15(18)22)7-9-10(16)5-4-6-11(9)17/h4-8H,3H2,1-2H3/b12-7-. The number of esters is 1. The Morgan fingerprint density at radius 3 is 2.61 bits per heavy atom. The van der Waals surface area contributed by atoms with Crippen molar-refractivity contribution in [2.24, 2.45) is 0 Å². The third kappa shape index (κ3) is 3.88. The molecule has 0 N–H and O–H groups in total. The van der Waals surface area contributed by atoms with Crippen molar-refractivity contribution in [2.75, 3.05) is 6.61 Å². The van der Waals surface area contributed by atoms with E-state index in [2.05, 4.69) is 0 Å². The number of nitrogens with zero attached hydrogens (tertiary/aromatic N) is 1. The molecule has 0 radical (unpaired) electrons. The number of thiocarbonyl (C=S) groups is 1. The first kappa shape index (κ1) is 18.3. The first-order valence-electron chi connectivity index (χ1n) is 6.74. The van der Waals surface area contributed by atoms with Crippen LogP contribution in [-0.2, 0) is 14.3 Å². The topological polar surface area (TPSA) is 46.6 Å². The highest BCUT2D eigenvalue weighted by atomic mass is 35.5. The van der Waals surface area contributed by atoms with Crippen molar-refractivity contribution in [2.45, 2.75) is 19.9 Å². The SMILES string of the molecule is CCOC(=O)C(C)N1C(=O)/C(=C/c2c(Cl)cccc2Cl)SC1=S. The van der Waals surface area contributed by atoms with Gasteiger partial charge >= 0.3 is 5.97 Å². The number of benzene rings is 1. The zero-order valence-electron chi connectivity index (χ0n) is 12.3. The van der Waals surface area contributed by atoms with Crippen LogP contribution in [0.2, 0.25) is 10.0 Å². The minimum absolute atomic E-state index is 0.239. The highest BCUT2D eigenvalue weighted by Crippen LogP contribution is 2.36. The van der Waals surface area contributed by atoms with E-state index in [1.807, 2.05) is 0 Å². The summed E-state index contributed by atoms with van der Waals surface area (Å²) in [5.74, 6) is -0.864. The molecule has 0 saturated carbocycles. The van der Waals surface area contributed by atoms with Crippen LogP contribution >= 0.6 is 47.2 Å². The summed E-state index contributed by atoms with van der Waals surface area (Å²) in [4.78, 5) is 26.0. The van der Waals surface area contributed by atoms with Gasteiger partial charge in [-0.25, -0.2) is 4.79 Å². The average molecular weight is 390 g/mol. The molecule has 1 atom stereocenters. The van der Waals surface area contributed by atoms with Gasteiger partial charge in [0.05, 0.1) is 11.5 Å². The van der Waals surface area contributed by atoms with Gasteiger partial charge in [0.25, 0.3) is 5.91 Å². The molecule has 1 unspecified atom stereocenters. The number of halogens is 2. The number of carbonyl (C=O) groups excluding carboxylic acids is 2. The number of rotatable bonds is 4. The molecule has 1 fully saturated rings. The summed E-state index contributed by atoms with van der Waals surface area (Å²) in [5.41, 5.74) is 0.542. The fourth-order valence-electron chi connectivity index (χ4n) is 1.96. The molecular formula is C15H13Cl2NO3S2. The van der Waals surface area contributed by atoms with Crippen molar-refractivity contribution in [3.8, 4) is 0 Å². The zero-order valence-corrected chi connectivity index (χ0v) is 15.5. The predicted molar refractivity (Wildman–Crippen MR) is 97.6 cm³/mol. The lowest BCUT2D eigenvalue weighted by Crippen LogP contribution is -2.42. The lowest BCUT2D eigenvalue weighted by molar-refractivity contribution is -0.149. The Hall–Kier alpha value is -1.08. The number of amides is 1. The summed E-state index contributed by atoms with van der Waals surface area (Å²) >= 11 is 18.5. The van der Waals surface area contributed by atoms with E-state index in [0.717, 1.165) is 11.8 Å². The summed E-state index contributed by atoms with van der Waals surface area (Å²) in [5, 5.41) is 0.863. The van der Waals surface area contributed by atoms with Crippen LogP contribution in [0.3, 0.4) is 0 Å². The second kappa shape index (κ2) is 7.66. The van der Waals surface area contributed by atoms with E-state index >= 15 is 0 Å². The molecule has 1 heterocycles. The third-order valence-corrected chi connectivity index (χ3v) is 5.10. The molecule has 1 aromatic carbocycles. The Kier molecular flexibility index (Phi) is 6.08. The Morgan fingerprint density at radius 2 is 2.04 bits per heavy atom. The van der Waals surface area contributed by atoms with Gasteiger partial charge in [0.1, 0.15) is 10.4 Å². The molecule has 4 nitrogen and oxygen atoms in total. The molecule has 0 bridgehead atoms. The van der Waals surface area contributed by atoms with Crippen LogP contribution < -0.4 is 0 Å². The lowest BCUT2D eigenvalue weighted by atomic mass is 10.2. The van der Waals surface area contributed by atoms with Crippen LogP contribution in [0.5, 0.6) is 0 Å². The normalized spacial score (nSPS) is 17.7. The molecule has 2 rings (SSSR count). The fraction of sp³-hybridized carbons (Fsp3) is 0.267. The van der Waals surface area contributed by atoms with Crippen molar-refractivity contribution < 1.29 is 14.3 Å². The maximum Gasteiger partial charge on any atom is 0.329 e. The molecule has 0 aromatic heterocycles. The summed E-state index contributed by atoms with van der Waals surface area (Å²) in [6, 6.07) is 4.30. The minimum Gasteiger partial charge on any atom is -0.464 e. The highest BCUT2D eigenvalue weighted by molar-refractivity contribution is 8.26. The van der Waals surface area contributed by atoms with Crippen molar-refractivity contribution in [3.63, 3.8) is 0 Å². The third-order valence-electron chi connectivity index (χ3n) is 3.11. The minimum atomic E-state index is -0.782. The van der Waals surface area contributed by atoms with Crippen LogP contribution in [0.1, 0.15) is 19.4 Å². The van der Waals surface area contributed by atoms with Crippen LogP contribution in [0.25, 0.3) is 6.08 Å². The van der Waals surface area contributed by atoms with Gasteiger partial charge in [0.15, 0.2) is 0 Å². The monoisotopic (exact) mass is 389 g/mol. The Morgan fingerprint density at radius 1 is 1.43 bits per heavy atom. The summed E-state index contributed by atoms with van der Waals surface area (Å²) in [7, 11) is 0. The predicted octanol–water partition coefficient (Wildman–Crippen LogP) is 4.15. The maximum atomic E-state index is 12.5. The van der Waals surface area contributed by atoms with Crippen molar-refractivity contribution >= 4 is 69.5 Å². The van der Waals surface area contributed by atoms with E-state index in [9.17, 15) is 9.59 Å². The number of hydrogen-bond acceptors (Lipinski definition) is 5. The van der Waals surface area contributed by atoms with Gasteiger partial charge in [0, 0.05) is 15.6 Å². The zero-order chi connectivity index (χ0) is 17.1. The molecule has 122 valence electrons. The first-order chi connectivity index (χ1) is 10.9. The number of ether oxygens (including phenoxy) is 1. The van der Waals surface area contributed by atoms with E-state index in [1.54, 1.807) is 38.1 Å². The number of carbonyl (C=O) groups is 2. The molecule has 1 amide bonds. The number of thioether (sulfide) groups is 1. The van der Waals surface area contributed by atoms with Gasteiger partial charge in [-0.2, -0.15) is 0 Å². The molecule has 8 heteroatoms. The van der Waals surface area contributed by atoms with Crippen molar-refractivity contribution in [1.29, 1.82) is 0 Å². The first-order valence-corrected chi connectivity index (χ1v) is 8.72. The van der Waals surface area contributed by atoms with E-state index in [-0.39, 0.29) is 12.5 Å². The fourth-order valence-corrected chi connectivity index (χ4v) is 3.87. The smallest absolute Gasteiger partial charge is 0.329 e. The summed E-state index contributed by atoms with van der Waals surface area (Å²) < 4.78 is 5.24. The molecule has 23 heavy (non-hydrogen) atoms. The molecular weight excluding hydrogens is 377 g/mol. The van der Waals surface area contributed by atoms with E-state index in [1.165, 1.54) is 4.90 Å². The maximum absolute atomic E-state index is 12.5. The quantitative estimate of drug-likeness (QED) is 0.439. The second-order valence-corrected chi connectivity index (χ2v) is 7.11. The molecule has 0 aliphatic carbocycles. The van der Waals surface area contributed by atoms with E-state index < -0.39 is 12.0 Å². The molecule has 1 saturated heterocycles. The van der Waals surface area contributed by atoms with Crippen LogP contribution in [0, 0.1) is 0 Å². The van der Waals surface area contributed by atoms with E-state index in [0.29, 0.717) is 24.8 Å². The van der Waals surface area contributed by atoms with Crippen molar-refractivity contribution in [3.05, 3.63) is 38.7 Å². The van der Waals surface area contributed by atoms with Gasteiger partial charge in [-0.3, -0.25) is 9.69 Å².